The Bertz CT molecular complexity index is 628. The highest BCUT2D eigenvalue weighted by atomic mass is 35.5. The van der Waals surface area contributed by atoms with Crippen molar-refractivity contribution in [3.63, 3.8) is 0 Å². The fraction of sp³-hybridized carbons (Fsp3) is 0.625. The van der Waals surface area contributed by atoms with Crippen molar-refractivity contribution >= 4 is 34.4 Å². The van der Waals surface area contributed by atoms with Crippen molar-refractivity contribution in [2.45, 2.75) is 51.5 Å². The monoisotopic (exact) mass is 325 g/mol. The first-order valence-corrected chi connectivity index (χ1v) is 8.51. The van der Waals surface area contributed by atoms with E-state index >= 15 is 0 Å². The van der Waals surface area contributed by atoms with E-state index in [1.807, 2.05) is 13.0 Å². The van der Waals surface area contributed by atoms with Crippen LogP contribution in [-0.4, -0.2) is 14.5 Å². The van der Waals surface area contributed by atoms with E-state index in [-0.39, 0.29) is 5.38 Å². The molecule has 0 N–H and O–H groups in total. The summed E-state index contributed by atoms with van der Waals surface area (Å²) in [4.78, 5) is 9.11. The molecule has 2 aromatic heterocycles. The molecule has 1 unspecified atom stereocenters. The molecule has 0 bridgehead atoms. The van der Waals surface area contributed by atoms with Gasteiger partial charge >= 0.3 is 0 Å². The first-order chi connectivity index (χ1) is 10.0. The molecular weight excluding hydrogens is 305 g/mol. The van der Waals surface area contributed by atoms with Gasteiger partial charge in [0.05, 0.1) is 10.4 Å². The van der Waals surface area contributed by atoms with Crippen LogP contribution in [0, 0.1) is 11.8 Å². The Morgan fingerprint density at radius 3 is 2.71 bits per heavy atom. The van der Waals surface area contributed by atoms with Gasteiger partial charge in [-0.2, -0.15) is 0 Å². The van der Waals surface area contributed by atoms with Crippen molar-refractivity contribution in [3.05, 3.63) is 23.1 Å². The average Bonchev–Trinajstić information content (AvgIpc) is 2.79. The van der Waals surface area contributed by atoms with E-state index < -0.39 is 0 Å². The predicted molar refractivity (Wildman–Crippen MR) is 87.9 cm³/mol. The van der Waals surface area contributed by atoms with E-state index in [1.54, 1.807) is 6.20 Å². The third kappa shape index (κ3) is 3.19. The van der Waals surface area contributed by atoms with E-state index in [4.69, 9.17) is 23.2 Å². The molecular formula is C16H21Cl2N3. The van der Waals surface area contributed by atoms with Gasteiger partial charge in [0.15, 0.2) is 5.65 Å². The lowest BCUT2D eigenvalue weighted by atomic mass is 9.83. The molecule has 0 amide bonds. The maximum Gasteiger partial charge on any atom is 0.160 e. The van der Waals surface area contributed by atoms with E-state index in [9.17, 15) is 0 Å². The minimum atomic E-state index is -0.125. The second-order valence-corrected chi connectivity index (χ2v) is 7.41. The Morgan fingerprint density at radius 2 is 2.05 bits per heavy atom. The molecule has 2 heterocycles. The number of pyridine rings is 1. The standard InChI is InChI=1S/C16H21Cl2N3/c1-10-3-5-12(6-4-10)9-21-15(11(2)17)20-14-7-13(18)8-19-16(14)21/h7-8,10-12H,3-6,9H2,1-2H3. The molecule has 3 rings (SSSR count). The van der Waals surface area contributed by atoms with Gasteiger partial charge in [-0.1, -0.05) is 31.4 Å². The Balaban J connectivity index is 1.93. The van der Waals surface area contributed by atoms with Crippen LogP contribution in [0.3, 0.4) is 0 Å². The number of halogens is 2. The van der Waals surface area contributed by atoms with Crippen LogP contribution >= 0.6 is 23.2 Å². The fourth-order valence-corrected chi connectivity index (χ4v) is 3.58. The van der Waals surface area contributed by atoms with Crippen LogP contribution in [0.25, 0.3) is 11.2 Å². The molecule has 1 saturated carbocycles. The lowest BCUT2D eigenvalue weighted by Crippen LogP contribution is -2.19. The van der Waals surface area contributed by atoms with E-state index in [0.29, 0.717) is 10.9 Å². The number of alkyl halides is 1. The highest BCUT2D eigenvalue weighted by Crippen LogP contribution is 2.32. The maximum absolute atomic E-state index is 6.32. The predicted octanol–water partition coefficient (Wildman–Crippen LogP) is 5.21. The summed E-state index contributed by atoms with van der Waals surface area (Å²) in [6, 6.07) is 1.87. The second-order valence-electron chi connectivity index (χ2n) is 6.32. The number of nitrogens with zero attached hydrogens (tertiary/aromatic N) is 3. The zero-order valence-corrected chi connectivity index (χ0v) is 14.0. The van der Waals surface area contributed by atoms with Crippen LogP contribution in [-0.2, 0) is 6.54 Å². The second kappa shape index (κ2) is 6.13. The van der Waals surface area contributed by atoms with Crippen LogP contribution in [0.1, 0.15) is 50.7 Å². The van der Waals surface area contributed by atoms with Crippen LogP contribution in [0.15, 0.2) is 12.3 Å². The molecule has 3 nitrogen and oxygen atoms in total. The van der Waals surface area contributed by atoms with Gasteiger partial charge in [-0.25, -0.2) is 9.97 Å². The zero-order valence-electron chi connectivity index (χ0n) is 12.5. The smallest absolute Gasteiger partial charge is 0.160 e. The summed E-state index contributed by atoms with van der Waals surface area (Å²) in [5.74, 6) is 2.47. The molecule has 5 heteroatoms. The van der Waals surface area contributed by atoms with E-state index in [0.717, 1.165) is 29.5 Å². The van der Waals surface area contributed by atoms with Gasteiger partial charge in [-0.15, -0.1) is 11.6 Å². The van der Waals surface area contributed by atoms with Crippen LogP contribution < -0.4 is 0 Å². The Labute approximate surface area is 135 Å². The average molecular weight is 326 g/mol. The van der Waals surface area contributed by atoms with Crippen LogP contribution in [0.2, 0.25) is 5.02 Å². The number of hydrogen-bond donors (Lipinski definition) is 0. The summed E-state index contributed by atoms with van der Waals surface area (Å²) in [6.07, 6.45) is 6.90. The number of fused-ring (bicyclic) bond motifs is 1. The van der Waals surface area contributed by atoms with Gasteiger partial charge in [0, 0.05) is 12.7 Å². The number of aromatic nitrogens is 3. The Hall–Kier alpha value is -0.800. The zero-order chi connectivity index (χ0) is 15.0. The van der Waals surface area contributed by atoms with Gasteiger partial charge < -0.3 is 4.57 Å². The molecule has 114 valence electrons. The molecule has 21 heavy (non-hydrogen) atoms. The van der Waals surface area contributed by atoms with E-state index in [1.165, 1.54) is 25.7 Å². The van der Waals surface area contributed by atoms with E-state index in [2.05, 4.69) is 21.5 Å². The van der Waals surface area contributed by atoms with Crippen molar-refractivity contribution in [1.29, 1.82) is 0 Å². The van der Waals surface area contributed by atoms with Crippen molar-refractivity contribution in [1.82, 2.24) is 14.5 Å². The van der Waals surface area contributed by atoms with Crippen molar-refractivity contribution in [3.8, 4) is 0 Å². The molecule has 0 aromatic carbocycles. The Morgan fingerprint density at radius 1 is 1.33 bits per heavy atom. The molecule has 1 aliphatic rings. The molecule has 2 aromatic rings. The summed E-state index contributed by atoms with van der Waals surface area (Å²) in [7, 11) is 0. The third-order valence-corrected chi connectivity index (χ3v) is 4.91. The summed E-state index contributed by atoms with van der Waals surface area (Å²) >= 11 is 12.3. The summed E-state index contributed by atoms with van der Waals surface area (Å²) in [5, 5.41) is 0.493. The number of hydrogen-bond acceptors (Lipinski definition) is 2. The minimum Gasteiger partial charge on any atom is -0.311 e. The van der Waals surface area contributed by atoms with Crippen molar-refractivity contribution < 1.29 is 0 Å². The molecule has 0 saturated heterocycles. The first-order valence-electron chi connectivity index (χ1n) is 7.70. The fourth-order valence-electron chi connectivity index (χ4n) is 3.26. The van der Waals surface area contributed by atoms with Gasteiger partial charge in [-0.05, 0) is 37.7 Å². The highest BCUT2D eigenvalue weighted by Gasteiger charge is 2.22. The lowest BCUT2D eigenvalue weighted by Gasteiger charge is -2.27. The maximum atomic E-state index is 6.32. The van der Waals surface area contributed by atoms with Gasteiger partial charge in [0.1, 0.15) is 11.3 Å². The largest absolute Gasteiger partial charge is 0.311 e. The summed E-state index contributed by atoms with van der Waals surface area (Å²) < 4.78 is 2.20. The lowest BCUT2D eigenvalue weighted by molar-refractivity contribution is 0.264. The molecule has 0 aliphatic heterocycles. The van der Waals surface area contributed by atoms with Crippen molar-refractivity contribution in [2.75, 3.05) is 0 Å². The summed E-state index contributed by atoms with van der Waals surface area (Å²) in [6.45, 7) is 5.27. The number of rotatable bonds is 3. The molecule has 1 fully saturated rings. The molecule has 1 atom stereocenters. The van der Waals surface area contributed by atoms with Gasteiger partial charge in [0.25, 0.3) is 0 Å². The SMILES string of the molecule is CC1CCC(Cn2c(C(C)Cl)nc3cc(Cl)cnc32)CC1. The topological polar surface area (TPSA) is 30.7 Å². The van der Waals surface area contributed by atoms with Gasteiger partial charge in [0.2, 0.25) is 0 Å². The highest BCUT2D eigenvalue weighted by molar-refractivity contribution is 6.31. The quantitative estimate of drug-likeness (QED) is 0.725. The normalized spacial score (nSPS) is 24.4. The Kier molecular flexibility index (Phi) is 4.41. The molecule has 0 spiro atoms. The first kappa shape index (κ1) is 15.1. The van der Waals surface area contributed by atoms with Crippen molar-refractivity contribution in [2.24, 2.45) is 11.8 Å². The van der Waals surface area contributed by atoms with Crippen LogP contribution in [0.5, 0.6) is 0 Å². The summed E-state index contributed by atoms with van der Waals surface area (Å²) in [5.41, 5.74) is 1.75. The molecule has 1 aliphatic carbocycles. The third-order valence-electron chi connectivity index (χ3n) is 4.51. The molecule has 0 radical (unpaired) electrons. The van der Waals surface area contributed by atoms with Gasteiger partial charge in [-0.3, -0.25) is 0 Å². The van der Waals surface area contributed by atoms with Crippen LogP contribution in [0.4, 0.5) is 0 Å². The number of imidazole rings is 1. The minimum absolute atomic E-state index is 0.125.